The number of carbonyl (C=O) groups is 1. The maximum absolute atomic E-state index is 13.0. The molecule has 2 rings (SSSR count). The zero-order valence-corrected chi connectivity index (χ0v) is 7.23. The second-order valence-electron chi connectivity index (χ2n) is 3.15. The van der Waals surface area contributed by atoms with E-state index in [1.807, 2.05) is 5.32 Å². The highest BCUT2D eigenvalue weighted by atomic mass is 19.4. The van der Waals surface area contributed by atoms with Gasteiger partial charge in [-0.3, -0.25) is 4.79 Å². The zero-order chi connectivity index (χ0) is 11.2. The molecule has 0 bridgehead atoms. The van der Waals surface area contributed by atoms with Crippen molar-refractivity contribution in [3.63, 3.8) is 0 Å². The Morgan fingerprint density at radius 2 is 1.93 bits per heavy atom. The molecular weight excluding hydrogens is 214 g/mol. The molecule has 0 aromatic heterocycles. The van der Waals surface area contributed by atoms with Gasteiger partial charge in [-0.1, -0.05) is 6.07 Å². The van der Waals surface area contributed by atoms with Crippen molar-refractivity contribution in [1.29, 1.82) is 0 Å². The molecular formula is C9H5F4NO. The van der Waals surface area contributed by atoms with Gasteiger partial charge in [-0.05, 0) is 12.1 Å². The number of anilines is 1. The van der Waals surface area contributed by atoms with Crippen LogP contribution in [0.1, 0.15) is 17.3 Å². The average Bonchev–Trinajstić information content (AvgIpc) is 2.41. The van der Waals surface area contributed by atoms with Gasteiger partial charge in [-0.15, -0.1) is 0 Å². The highest BCUT2D eigenvalue weighted by Crippen LogP contribution is 2.38. The van der Waals surface area contributed by atoms with E-state index >= 15 is 0 Å². The molecule has 0 aliphatic carbocycles. The van der Waals surface area contributed by atoms with E-state index in [9.17, 15) is 22.4 Å². The SMILES string of the molecule is O=C1Nc2cc(C(F)(F)F)ccc2C1F. The summed E-state index contributed by atoms with van der Waals surface area (Å²) in [6.45, 7) is 0. The van der Waals surface area contributed by atoms with Crippen LogP contribution in [-0.2, 0) is 11.0 Å². The van der Waals surface area contributed by atoms with Gasteiger partial charge in [-0.25, -0.2) is 4.39 Å². The third kappa shape index (κ3) is 1.55. The minimum absolute atomic E-state index is 0.0481. The number of carbonyl (C=O) groups excluding carboxylic acids is 1. The van der Waals surface area contributed by atoms with Gasteiger partial charge in [0.05, 0.1) is 5.56 Å². The van der Waals surface area contributed by atoms with Crippen LogP contribution in [0.2, 0.25) is 0 Å². The minimum Gasteiger partial charge on any atom is -0.323 e. The van der Waals surface area contributed by atoms with Crippen LogP contribution in [0.3, 0.4) is 0 Å². The Morgan fingerprint density at radius 3 is 2.53 bits per heavy atom. The second-order valence-corrected chi connectivity index (χ2v) is 3.15. The fraction of sp³-hybridized carbons (Fsp3) is 0.222. The molecule has 0 saturated carbocycles. The lowest BCUT2D eigenvalue weighted by Gasteiger charge is -2.07. The summed E-state index contributed by atoms with van der Waals surface area (Å²) in [4.78, 5) is 10.8. The first-order valence-electron chi connectivity index (χ1n) is 4.05. The number of amides is 1. The van der Waals surface area contributed by atoms with E-state index in [1.54, 1.807) is 0 Å². The Bertz CT molecular complexity index is 427. The van der Waals surface area contributed by atoms with Gasteiger partial charge >= 0.3 is 6.18 Å². The Balaban J connectivity index is 2.47. The largest absolute Gasteiger partial charge is 0.416 e. The third-order valence-electron chi connectivity index (χ3n) is 2.14. The van der Waals surface area contributed by atoms with Crippen LogP contribution in [0.15, 0.2) is 18.2 Å². The molecule has 0 saturated heterocycles. The molecule has 1 amide bonds. The molecule has 1 unspecified atom stereocenters. The van der Waals surface area contributed by atoms with Crippen molar-refractivity contribution in [1.82, 2.24) is 0 Å². The summed E-state index contributed by atoms with van der Waals surface area (Å²) < 4.78 is 49.8. The van der Waals surface area contributed by atoms with E-state index < -0.39 is 23.8 Å². The number of benzene rings is 1. The van der Waals surface area contributed by atoms with Crippen molar-refractivity contribution < 1.29 is 22.4 Å². The number of halogens is 4. The normalized spacial score (nSPS) is 20.0. The Morgan fingerprint density at radius 1 is 1.27 bits per heavy atom. The predicted molar refractivity (Wildman–Crippen MR) is 43.9 cm³/mol. The molecule has 1 heterocycles. The van der Waals surface area contributed by atoms with Crippen molar-refractivity contribution in [3.8, 4) is 0 Å². The zero-order valence-electron chi connectivity index (χ0n) is 7.23. The van der Waals surface area contributed by atoms with Crippen LogP contribution >= 0.6 is 0 Å². The van der Waals surface area contributed by atoms with Gasteiger partial charge in [0.25, 0.3) is 5.91 Å². The minimum atomic E-state index is -4.49. The third-order valence-corrected chi connectivity index (χ3v) is 2.14. The lowest BCUT2D eigenvalue weighted by Crippen LogP contribution is -2.07. The molecule has 1 aliphatic heterocycles. The van der Waals surface area contributed by atoms with E-state index in [4.69, 9.17) is 0 Å². The molecule has 1 aromatic carbocycles. The Hall–Kier alpha value is -1.59. The first-order valence-corrected chi connectivity index (χ1v) is 4.05. The second kappa shape index (κ2) is 2.95. The molecule has 1 atom stereocenters. The standard InChI is InChI=1S/C9H5F4NO/c10-7-5-2-1-4(9(11,12)13)3-6(5)14-8(7)15/h1-3,7H,(H,14,15). The van der Waals surface area contributed by atoms with E-state index in [0.29, 0.717) is 0 Å². The van der Waals surface area contributed by atoms with Crippen molar-refractivity contribution in [2.75, 3.05) is 5.32 Å². The average molecular weight is 219 g/mol. The summed E-state index contributed by atoms with van der Waals surface area (Å²) >= 11 is 0. The quantitative estimate of drug-likeness (QED) is 0.668. The molecule has 0 radical (unpaired) electrons. The first-order chi connectivity index (χ1) is 6.89. The number of alkyl halides is 4. The van der Waals surface area contributed by atoms with Crippen molar-refractivity contribution in [2.45, 2.75) is 12.3 Å². The predicted octanol–water partition coefficient (Wildman–Crippen LogP) is 2.67. The van der Waals surface area contributed by atoms with Gasteiger partial charge in [-0.2, -0.15) is 13.2 Å². The summed E-state index contributed by atoms with van der Waals surface area (Å²) in [6, 6.07) is 2.46. The smallest absolute Gasteiger partial charge is 0.323 e. The van der Waals surface area contributed by atoms with Crippen LogP contribution in [-0.4, -0.2) is 5.91 Å². The highest BCUT2D eigenvalue weighted by Gasteiger charge is 2.35. The summed E-state index contributed by atoms with van der Waals surface area (Å²) in [5.41, 5.74) is -1.06. The molecule has 6 heteroatoms. The van der Waals surface area contributed by atoms with Gasteiger partial charge in [0, 0.05) is 11.3 Å². The lowest BCUT2D eigenvalue weighted by atomic mass is 10.1. The highest BCUT2D eigenvalue weighted by molar-refractivity contribution is 6.01. The van der Waals surface area contributed by atoms with Gasteiger partial charge < -0.3 is 5.32 Å². The maximum Gasteiger partial charge on any atom is 0.416 e. The number of rotatable bonds is 0. The summed E-state index contributed by atoms with van der Waals surface area (Å²) in [5, 5.41) is 2.05. The molecule has 80 valence electrons. The monoisotopic (exact) mass is 219 g/mol. The molecule has 1 aromatic rings. The topological polar surface area (TPSA) is 29.1 Å². The summed E-state index contributed by atoms with van der Waals surface area (Å²) in [7, 11) is 0. The Kier molecular flexibility index (Phi) is 1.95. The Labute approximate surface area is 81.9 Å². The van der Waals surface area contributed by atoms with Crippen molar-refractivity contribution >= 4 is 11.6 Å². The van der Waals surface area contributed by atoms with Crippen LogP contribution in [0, 0.1) is 0 Å². The molecule has 0 fully saturated rings. The molecule has 1 aliphatic rings. The number of fused-ring (bicyclic) bond motifs is 1. The van der Waals surface area contributed by atoms with Crippen LogP contribution in [0.5, 0.6) is 0 Å². The number of nitrogens with one attached hydrogen (secondary N) is 1. The van der Waals surface area contributed by atoms with Crippen molar-refractivity contribution in [3.05, 3.63) is 29.3 Å². The lowest BCUT2D eigenvalue weighted by molar-refractivity contribution is -0.137. The molecule has 2 nitrogen and oxygen atoms in total. The van der Waals surface area contributed by atoms with E-state index in [1.165, 1.54) is 0 Å². The van der Waals surface area contributed by atoms with E-state index in [0.717, 1.165) is 18.2 Å². The fourth-order valence-electron chi connectivity index (χ4n) is 1.40. The van der Waals surface area contributed by atoms with Gasteiger partial charge in [0.15, 0.2) is 0 Å². The van der Waals surface area contributed by atoms with E-state index in [-0.39, 0.29) is 11.3 Å². The summed E-state index contributed by atoms with van der Waals surface area (Å²) in [6.07, 6.45) is -6.36. The number of hydrogen-bond donors (Lipinski definition) is 1. The van der Waals surface area contributed by atoms with E-state index in [2.05, 4.69) is 0 Å². The van der Waals surface area contributed by atoms with Crippen LogP contribution in [0.4, 0.5) is 23.2 Å². The van der Waals surface area contributed by atoms with Crippen LogP contribution in [0.25, 0.3) is 0 Å². The fourth-order valence-corrected chi connectivity index (χ4v) is 1.40. The van der Waals surface area contributed by atoms with Crippen LogP contribution < -0.4 is 5.32 Å². The maximum atomic E-state index is 13.0. The molecule has 0 spiro atoms. The molecule has 15 heavy (non-hydrogen) atoms. The molecule has 1 N–H and O–H groups in total. The first kappa shape index (κ1) is 9.95. The van der Waals surface area contributed by atoms with Gasteiger partial charge in [0.2, 0.25) is 6.17 Å². The van der Waals surface area contributed by atoms with Gasteiger partial charge in [0.1, 0.15) is 0 Å². The van der Waals surface area contributed by atoms with Crippen molar-refractivity contribution in [2.24, 2.45) is 0 Å². The number of hydrogen-bond acceptors (Lipinski definition) is 1. The summed E-state index contributed by atoms with van der Waals surface area (Å²) in [5.74, 6) is -0.927.